The summed E-state index contributed by atoms with van der Waals surface area (Å²) in [5.41, 5.74) is 0.727. The third-order valence-electron chi connectivity index (χ3n) is 4.06. The van der Waals surface area contributed by atoms with Crippen LogP contribution in [0.2, 0.25) is 0 Å². The molecule has 7 heteroatoms. The lowest BCUT2D eigenvalue weighted by Crippen LogP contribution is -2.55. The quantitative estimate of drug-likeness (QED) is 0.765. The summed E-state index contributed by atoms with van der Waals surface area (Å²) in [5.74, 6) is -1.34. The van der Waals surface area contributed by atoms with Crippen molar-refractivity contribution in [3.05, 3.63) is 47.5 Å². The number of nitrogens with one attached hydrogen (secondary N) is 1. The lowest BCUT2D eigenvalue weighted by atomic mass is 9.89. The van der Waals surface area contributed by atoms with Crippen molar-refractivity contribution in [1.29, 1.82) is 0 Å². The highest BCUT2D eigenvalue weighted by atomic mass is 16.6. The highest BCUT2D eigenvalue weighted by Crippen LogP contribution is 2.27. The number of carbonyl (C=O) groups is 3. The number of esters is 2. The van der Waals surface area contributed by atoms with Crippen molar-refractivity contribution in [1.82, 2.24) is 5.32 Å². The van der Waals surface area contributed by atoms with Crippen molar-refractivity contribution in [3.8, 4) is 0 Å². The van der Waals surface area contributed by atoms with Crippen LogP contribution < -0.4 is 5.32 Å². The van der Waals surface area contributed by atoms with Crippen LogP contribution in [0.3, 0.4) is 0 Å². The molecule has 1 N–H and O–H groups in total. The summed E-state index contributed by atoms with van der Waals surface area (Å²) in [6, 6.07) is 7.91. The average molecular weight is 375 g/mol. The third kappa shape index (κ3) is 5.65. The SMILES string of the molecule is COC(=O)C1=C[C@@H](OC(C)C)[C@H](NC(C)=O)[C@H](OC(=O)c2ccccc2)C1. The normalized spacial score (nSPS) is 22.0. The Hall–Kier alpha value is -2.67. The molecule has 0 saturated carbocycles. The Morgan fingerprint density at radius 2 is 1.78 bits per heavy atom. The topological polar surface area (TPSA) is 90.9 Å². The first kappa shape index (κ1) is 20.6. The number of hydrogen-bond acceptors (Lipinski definition) is 6. The summed E-state index contributed by atoms with van der Waals surface area (Å²) in [6.07, 6.45) is 0.174. The van der Waals surface area contributed by atoms with Gasteiger partial charge < -0.3 is 19.5 Å². The summed E-state index contributed by atoms with van der Waals surface area (Å²) in [6.45, 7) is 5.06. The van der Waals surface area contributed by atoms with Gasteiger partial charge in [0.05, 0.1) is 24.8 Å². The zero-order chi connectivity index (χ0) is 20.0. The van der Waals surface area contributed by atoms with Crippen LogP contribution in [0.4, 0.5) is 0 Å². The van der Waals surface area contributed by atoms with Crippen molar-refractivity contribution in [2.75, 3.05) is 7.11 Å². The van der Waals surface area contributed by atoms with Crippen LogP contribution in [-0.2, 0) is 23.8 Å². The molecule has 0 unspecified atom stereocenters. The first-order valence-corrected chi connectivity index (χ1v) is 8.79. The molecule has 0 spiro atoms. The Labute approximate surface area is 158 Å². The van der Waals surface area contributed by atoms with Gasteiger partial charge in [-0.2, -0.15) is 0 Å². The van der Waals surface area contributed by atoms with Crippen LogP contribution in [0.15, 0.2) is 42.0 Å². The minimum Gasteiger partial charge on any atom is -0.466 e. The first-order valence-electron chi connectivity index (χ1n) is 8.79. The second-order valence-corrected chi connectivity index (χ2v) is 6.57. The van der Waals surface area contributed by atoms with Crippen LogP contribution in [-0.4, -0.2) is 49.3 Å². The highest BCUT2D eigenvalue weighted by Gasteiger charge is 2.39. The predicted molar refractivity (Wildman–Crippen MR) is 98.0 cm³/mol. The molecular weight excluding hydrogens is 350 g/mol. The smallest absolute Gasteiger partial charge is 0.338 e. The Bertz CT molecular complexity index is 712. The van der Waals surface area contributed by atoms with E-state index in [0.29, 0.717) is 11.1 Å². The molecule has 0 bridgehead atoms. The van der Waals surface area contributed by atoms with Crippen molar-refractivity contribution < 1.29 is 28.6 Å². The Kier molecular flexibility index (Phi) is 7.12. The van der Waals surface area contributed by atoms with E-state index >= 15 is 0 Å². The number of rotatable bonds is 6. The zero-order valence-corrected chi connectivity index (χ0v) is 15.9. The number of methoxy groups -OCH3 is 1. The third-order valence-corrected chi connectivity index (χ3v) is 4.06. The minimum atomic E-state index is -0.774. The van der Waals surface area contributed by atoms with Gasteiger partial charge in [-0.3, -0.25) is 4.79 Å². The summed E-state index contributed by atoms with van der Waals surface area (Å²) < 4.78 is 16.3. The lowest BCUT2D eigenvalue weighted by Gasteiger charge is -2.37. The van der Waals surface area contributed by atoms with E-state index in [9.17, 15) is 14.4 Å². The summed E-state index contributed by atoms with van der Waals surface area (Å²) in [5, 5.41) is 2.78. The van der Waals surface area contributed by atoms with Gasteiger partial charge in [-0.25, -0.2) is 9.59 Å². The molecule has 1 aromatic rings. The van der Waals surface area contributed by atoms with Gasteiger partial charge in [-0.1, -0.05) is 18.2 Å². The zero-order valence-electron chi connectivity index (χ0n) is 15.9. The van der Waals surface area contributed by atoms with Gasteiger partial charge in [0, 0.05) is 18.9 Å². The van der Waals surface area contributed by atoms with Gasteiger partial charge in [0.15, 0.2) is 0 Å². The van der Waals surface area contributed by atoms with E-state index in [2.05, 4.69) is 5.32 Å². The van der Waals surface area contributed by atoms with Gasteiger partial charge in [0.25, 0.3) is 0 Å². The number of benzene rings is 1. The van der Waals surface area contributed by atoms with E-state index in [1.165, 1.54) is 14.0 Å². The molecule has 1 aliphatic rings. The molecule has 0 heterocycles. The van der Waals surface area contributed by atoms with Crippen LogP contribution in [0.5, 0.6) is 0 Å². The van der Waals surface area contributed by atoms with Crippen molar-refractivity contribution in [2.24, 2.45) is 0 Å². The molecule has 7 nitrogen and oxygen atoms in total. The molecule has 2 rings (SSSR count). The van der Waals surface area contributed by atoms with Gasteiger partial charge in [-0.05, 0) is 32.1 Å². The number of carbonyl (C=O) groups excluding carboxylic acids is 3. The molecule has 27 heavy (non-hydrogen) atoms. The maximum atomic E-state index is 12.5. The van der Waals surface area contributed by atoms with Gasteiger partial charge >= 0.3 is 11.9 Å². The van der Waals surface area contributed by atoms with Crippen molar-refractivity contribution in [3.63, 3.8) is 0 Å². The molecule has 0 saturated heterocycles. The molecule has 3 atom stereocenters. The molecule has 146 valence electrons. The van der Waals surface area contributed by atoms with Crippen molar-refractivity contribution in [2.45, 2.75) is 51.5 Å². The van der Waals surface area contributed by atoms with Gasteiger partial charge in [-0.15, -0.1) is 0 Å². The largest absolute Gasteiger partial charge is 0.466 e. The highest BCUT2D eigenvalue weighted by molar-refractivity contribution is 5.91. The molecule has 1 aromatic carbocycles. The molecule has 0 aromatic heterocycles. The van der Waals surface area contributed by atoms with Crippen LogP contribution in [0.1, 0.15) is 37.6 Å². The monoisotopic (exact) mass is 375 g/mol. The van der Waals surface area contributed by atoms with E-state index in [0.717, 1.165) is 0 Å². The fourth-order valence-corrected chi connectivity index (χ4v) is 2.95. The maximum Gasteiger partial charge on any atom is 0.338 e. The molecule has 0 radical (unpaired) electrons. The van der Waals surface area contributed by atoms with E-state index in [4.69, 9.17) is 14.2 Å². The fraction of sp³-hybridized carbons (Fsp3) is 0.450. The summed E-state index contributed by atoms with van der Waals surface area (Å²) in [7, 11) is 1.28. The second kappa shape index (κ2) is 9.32. The van der Waals surface area contributed by atoms with Gasteiger partial charge in [0.2, 0.25) is 5.91 Å². The summed E-state index contributed by atoms with van der Waals surface area (Å²) >= 11 is 0. The van der Waals surface area contributed by atoms with E-state index in [-0.39, 0.29) is 18.4 Å². The maximum absolute atomic E-state index is 12.5. The minimum absolute atomic E-state index is 0.119. The predicted octanol–water partition coefficient (Wildman–Crippen LogP) is 2.01. The van der Waals surface area contributed by atoms with Crippen molar-refractivity contribution >= 4 is 17.8 Å². The average Bonchev–Trinajstić information content (AvgIpc) is 2.63. The Morgan fingerprint density at radius 3 is 2.33 bits per heavy atom. The van der Waals surface area contributed by atoms with Crippen LogP contribution in [0, 0.1) is 0 Å². The Balaban J connectivity index is 2.32. The summed E-state index contributed by atoms with van der Waals surface area (Å²) in [4.78, 5) is 36.3. The van der Waals surface area contributed by atoms with Gasteiger partial charge in [0.1, 0.15) is 12.2 Å². The van der Waals surface area contributed by atoms with E-state index < -0.39 is 30.2 Å². The number of hydrogen-bond donors (Lipinski definition) is 1. The van der Waals surface area contributed by atoms with E-state index in [1.807, 2.05) is 13.8 Å². The van der Waals surface area contributed by atoms with Crippen LogP contribution in [0.25, 0.3) is 0 Å². The molecule has 1 amide bonds. The molecular formula is C20H25NO6. The molecule has 1 aliphatic carbocycles. The molecule has 0 aliphatic heterocycles. The fourth-order valence-electron chi connectivity index (χ4n) is 2.95. The van der Waals surface area contributed by atoms with Crippen LogP contribution >= 0.6 is 0 Å². The van der Waals surface area contributed by atoms with E-state index in [1.54, 1.807) is 36.4 Å². The molecule has 0 fully saturated rings. The Morgan fingerprint density at radius 1 is 1.11 bits per heavy atom. The first-order chi connectivity index (χ1) is 12.8. The lowest BCUT2D eigenvalue weighted by molar-refractivity contribution is -0.137. The second-order valence-electron chi connectivity index (χ2n) is 6.57. The number of ether oxygens (including phenoxy) is 3. The standard InChI is InChI=1S/C20H25NO6/c1-12(2)26-16-10-15(19(23)25-4)11-17(18(16)21-13(3)22)27-20(24)14-8-6-5-7-9-14/h5-10,12,16-18H,11H2,1-4H3,(H,21,22)/t16-,17-,18+/m1/s1. The number of amides is 1.